The van der Waals surface area contributed by atoms with Gasteiger partial charge in [0.25, 0.3) is 11.5 Å². The first kappa shape index (κ1) is 81.4. The van der Waals surface area contributed by atoms with E-state index in [0.717, 1.165) is 49.1 Å². The summed E-state index contributed by atoms with van der Waals surface area (Å²) in [6.45, 7) is 13.5. The number of ketones is 1. The number of carbonyl (C=O) groups is 4. The number of methoxy groups -OCH3 is 4. The van der Waals surface area contributed by atoms with Crippen molar-refractivity contribution in [3.05, 3.63) is 212 Å². The van der Waals surface area contributed by atoms with Crippen LogP contribution in [0.2, 0.25) is 0 Å². The number of carboxylic acids is 1. The van der Waals surface area contributed by atoms with Crippen LogP contribution in [-0.2, 0) is 41.0 Å². The second-order valence-electron chi connectivity index (χ2n) is 19.3. The molecule has 7 heterocycles. The van der Waals surface area contributed by atoms with Crippen LogP contribution >= 0.6 is 11.6 Å². The lowest BCUT2D eigenvalue weighted by atomic mass is 9.96. The molecule has 32 heteroatoms. The third-order valence-corrected chi connectivity index (χ3v) is 12.4. The number of hydrogen-bond acceptors (Lipinski definition) is 28. The van der Waals surface area contributed by atoms with Crippen molar-refractivity contribution in [3.8, 4) is 63.2 Å². The molecule has 0 saturated heterocycles. The molecule has 2 aliphatic heterocycles. The lowest BCUT2D eigenvalue weighted by molar-refractivity contribution is -0.142. The maximum absolute atomic E-state index is 11.8. The van der Waals surface area contributed by atoms with Gasteiger partial charge in [0.05, 0.1) is 90.2 Å². The number of aliphatic hydroxyl groups is 1. The number of alkyl halides is 1. The summed E-state index contributed by atoms with van der Waals surface area (Å²) in [5.41, 5.74) is -2.92. The summed E-state index contributed by atoms with van der Waals surface area (Å²) in [5.74, 6) is -2.20. The van der Waals surface area contributed by atoms with E-state index >= 15 is 0 Å². The van der Waals surface area contributed by atoms with Gasteiger partial charge in [0.1, 0.15) is 54.4 Å². The lowest BCUT2D eigenvalue weighted by Crippen LogP contribution is -2.38. The van der Waals surface area contributed by atoms with Gasteiger partial charge in [0.2, 0.25) is 44.4 Å². The molecule has 10 N–H and O–H groups in total. The molecule has 0 spiro atoms. The minimum Gasteiger partial charge on any atom is -0.504 e. The number of fused-ring (bicyclic) bond motifs is 2. The SMILES string of the molecule is CCOC(=O)C1=CC2OC1(C)C=C(OC)C2=O.CCOC(=O)c1cc(=O)c(O)c(OC)cc1C.COc1cc(C)[o+]cc1O.COc1cc(C)[o+]cc1O.Cc1cc(=O)c(O)c(O)cc1C(=O)O.Cc1cc(=O)c(O)co1.O=c1cc(CCl)occ1O.O=c1cc(CO)occ1O. The first-order valence-electron chi connectivity index (χ1n) is 27.8. The van der Waals surface area contributed by atoms with E-state index in [2.05, 4.69) is 8.83 Å². The van der Waals surface area contributed by atoms with Gasteiger partial charge in [-0.3, -0.25) is 28.8 Å². The average molecular weight is 1380 g/mol. The molecule has 5 aromatic heterocycles. The molecule has 0 amide bonds. The molecule has 9 rings (SSSR count). The van der Waals surface area contributed by atoms with Crippen LogP contribution in [0.25, 0.3) is 0 Å². The molecule has 97 heavy (non-hydrogen) atoms. The van der Waals surface area contributed by atoms with Gasteiger partial charge in [-0.05, 0) is 83.0 Å². The topological polar surface area (TPSA) is 483 Å². The first-order chi connectivity index (χ1) is 45.6. The number of Topliss-reactive ketones (excluding diaryl/α,β-unsaturated/α-hetero) is 1. The Bertz CT molecular complexity index is 4150. The molecule has 2 atom stereocenters. The quantitative estimate of drug-likeness (QED) is 0.0347. The predicted molar refractivity (Wildman–Crippen MR) is 340 cm³/mol. The van der Waals surface area contributed by atoms with E-state index in [1.165, 1.54) is 72.2 Å². The Morgan fingerprint density at radius 2 is 1.00 bits per heavy atom. The molecule has 2 aromatic carbocycles. The number of hydrogen-bond donors (Lipinski definition) is 10. The van der Waals surface area contributed by atoms with Crippen LogP contribution in [0, 0.1) is 34.6 Å². The van der Waals surface area contributed by atoms with E-state index < -0.39 is 85.5 Å². The highest BCUT2D eigenvalue weighted by molar-refractivity contribution is 6.16. The van der Waals surface area contributed by atoms with Gasteiger partial charge in [-0.2, -0.15) is 0 Å². The summed E-state index contributed by atoms with van der Waals surface area (Å²) in [7, 11) is 5.74. The number of carbonyl (C=O) groups excluding carboxylic acids is 3. The minimum absolute atomic E-state index is 0.0214. The van der Waals surface area contributed by atoms with Crippen molar-refractivity contribution < 1.29 is 125 Å². The third kappa shape index (κ3) is 24.9. The maximum Gasteiger partial charge on any atom is 0.363 e. The van der Waals surface area contributed by atoms with E-state index in [1.54, 1.807) is 60.6 Å². The van der Waals surface area contributed by atoms with Crippen molar-refractivity contribution in [2.24, 2.45) is 0 Å². The second kappa shape index (κ2) is 39.1. The molecule has 2 unspecified atom stereocenters. The zero-order valence-electron chi connectivity index (χ0n) is 54.1. The number of halogens is 1. The molecular weight excluding hydrogens is 1310 g/mol. The Hall–Kier alpha value is -11.7. The van der Waals surface area contributed by atoms with Gasteiger partial charge in [-0.25, -0.2) is 23.2 Å². The van der Waals surface area contributed by atoms with E-state index in [1.807, 2.05) is 0 Å². The normalized spacial score (nSPS) is 13.3. The zero-order chi connectivity index (χ0) is 73.6. The van der Waals surface area contributed by atoms with Crippen molar-refractivity contribution in [1.82, 2.24) is 0 Å². The fourth-order valence-electron chi connectivity index (χ4n) is 7.27. The minimum atomic E-state index is -1.27. The molecule has 0 fully saturated rings. The lowest BCUT2D eigenvalue weighted by Gasteiger charge is -2.28. The van der Waals surface area contributed by atoms with Crippen molar-refractivity contribution in [1.29, 1.82) is 0 Å². The summed E-state index contributed by atoms with van der Waals surface area (Å²) in [6.07, 6.45) is 7.65. The van der Waals surface area contributed by atoms with Crippen LogP contribution in [0.1, 0.15) is 81.4 Å². The molecule has 0 radical (unpaired) electrons. The molecule has 31 nitrogen and oxygen atoms in total. The molecule has 2 aliphatic rings. The summed E-state index contributed by atoms with van der Waals surface area (Å²) in [4.78, 5) is 100. The Morgan fingerprint density at radius 3 is 1.43 bits per heavy atom. The number of esters is 2. The Kier molecular flexibility index (Phi) is 32.8. The molecular formula is C65H71ClO31+2. The predicted octanol–water partition coefficient (Wildman–Crippen LogP) is 7.20. The van der Waals surface area contributed by atoms with Crippen molar-refractivity contribution in [3.63, 3.8) is 0 Å². The molecule has 522 valence electrons. The number of aryl methyl sites for hydroxylation is 5. The van der Waals surface area contributed by atoms with Gasteiger partial charge < -0.3 is 97.5 Å². The molecule has 0 aliphatic carbocycles. The van der Waals surface area contributed by atoms with Crippen LogP contribution in [0.3, 0.4) is 0 Å². The summed E-state index contributed by atoms with van der Waals surface area (Å²) in [6, 6.07) is 10.9. The monoisotopic (exact) mass is 1380 g/mol. The van der Waals surface area contributed by atoms with Crippen molar-refractivity contribution in [2.75, 3.05) is 41.7 Å². The van der Waals surface area contributed by atoms with Crippen LogP contribution in [-0.4, -0.2) is 128 Å². The van der Waals surface area contributed by atoms with E-state index in [9.17, 15) is 48.3 Å². The van der Waals surface area contributed by atoms with Crippen LogP contribution in [0.15, 0.2) is 155 Å². The third-order valence-electron chi connectivity index (χ3n) is 12.1. The molecule has 0 saturated carbocycles. The van der Waals surface area contributed by atoms with Crippen molar-refractivity contribution in [2.45, 2.75) is 79.6 Å². The standard InChI is InChI=1S/2C12H14O5.C9H8O5.2C7H8O3.C6H5ClO3.C6H6O4.C6H6O3/c1-4-16-11(14)7-5-8-10(13)9(15-3)6-12(7,2)17-8;1-4-17-12(15)8-6-9(13)11(14)10(16-3)5-7(8)2;1-4-2-6(10)8(12)7(11)3-5(4)9(13)14;2*1-5-3-7(9-2)6(8)4-10-5;2*7-2-4-1-5(8)6(9)3-10-4;1-4-2-5(7)6(8)3-9-4/h5-6,8H,4H2,1-3H3;5-6H,4H2,1-3H3,(H,13,14);2-3H,1H3,(H,13,14)(H2,10,11,12);2*3-4H,1-2H3;1,3,9H,2H2;1,3,7,9H,2H2;2-3,8H,1H3/p+2. The summed E-state index contributed by atoms with van der Waals surface area (Å²) in [5, 5.41) is 88.8. The second-order valence-corrected chi connectivity index (χ2v) is 19.6. The fraction of sp³-hybridized carbons (Fsp3) is 0.277. The Morgan fingerprint density at radius 1 is 0.536 bits per heavy atom. The van der Waals surface area contributed by atoms with Gasteiger partial charge in [-0.1, -0.05) is 0 Å². The summed E-state index contributed by atoms with van der Waals surface area (Å²) < 4.78 is 58.5. The van der Waals surface area contributed by atoms with Crippen LogP contribution in [0.4, 0.5) is 0 Å². The van der Waals surface area contributed by atoms with Gasteiger partial charge >= 0.3 is 42.0 Å². The van der Waals surface area contributed by atoms with Crippen molar-refractivity contribution >= 4 is 35.3 Å². The highest BCUT2D eigenvalue weighted by atomic mass is 35.5. The average Bonchev–Trinajstić information content (AvgIpc) is 1.61. The highest BCUT2D eigenvalue weighted by Gasteiger charge is 2.49. The Labute approximate surface area is 554 Å². The van der Waals surface area contributed by atoms with Gasteiger partial charge in [0, 0.05) is 24.3 Å². The van der Waals surface area contributed by atoms with Gasteiger partial charge in [-0.15, -0.1) is 11.6 Å². The number of ether oxygens (including phenoxy) is 7. The zero-order valence-corrected chi connectivity index (χ0v) is 54.8. The number of rotatable bonds is 11. The highest BCUT2D eigenvalue weighted by Crippen LogP contribution is 2.39. The molecule has 2 bridgehead atoms. The first-order valence-corrected chi connectivity index (χ1v) is 28.3. The van der Waals surface area contributed by atoms with E-state index in [-0.39, 0.29) is 82.7 Å². The van der Waals surface area contributed by atoms with Gasteiger partial charge in [0.15, 0.2) is 46.0 Å². The number of carboxylic acid groups (broad SMARTS) is 1. The van der Waals surface area contributed by atoms with E-state index in [4.69, 9.17) is 104 Å². The summed E-state index contributed by atoms with van der Waals surface area (Å²) >= 11 is 5.34. The number of aromatic hydroxyl groups is 8. The van der Waals surface area contributed by atoms with Crippen LogP contribution < -0.4 is 41.4 Å². The van der Waals surface area contributed by atoms with E-state index in [0.29, 0.717) is 45.7 Å². The number of aliphatic hydroxyl groups excluding tert-OH is 1. The number of aromatic carboxylic acids is 1. The fourth-order valence-corrected chi connectivity index (χ4v) is 7.41. The largest absolute Gasteiger partial charge is 0.504 e. The Balaban J connectivity index is 0.000000382. The maximum atomic E-state index is 11.8. The molecule has 7 aromatic rings. The van der Waals surface area contributed by atoms with Crippen LogP contribution in [0.5, 0.6) is 63.2 Å². The smallest absolute Gasteiger partial charge is 0.363 e.